The fraction of sp³-hybridized carbons (Fsp3) is 0.231. The number of aryl methyl sites for hydroxylation is 1. The third-order valence-electron chi connectivity index (χ3n) is 2.63. The van der Waals surface area contributed by atoms with Crippen LogP contribution in [0.2, 0.25) is 0 Å². The molecule has 0 aliphatic carbocycles. The van der Waals surface area contributed by atoms with Crippen molar-refractivity contribution >= 4 is 29.0 Å². The molecule has 0 unspecified atom stereocenters. The first-order chi connectivity index (χ1) is 8.20. The molecule has 0 spiro atoms. The van der Waals surface area contributed by atoms with Crippen molar-refractivity contribution in [2.24, 2.45) is 0 Å². The number of H-pyrrole nitrogens is 1. The Morgan fingerprint density at radius 1 is 1.35 bits per heavy atom. The maximum Gasteiger partial charge on any atom is 0.155 e. The Kier molecular flexibility index (Phi) is 3.97. The highest BCUT2D eigenvalue weighted by molar-refractivity contribution is 8.11. The summed E-state index contributed by atoms with van der Waals surface area (Å²) >= 11 is 9.17. The van der Waals surface area contributed by atoms with E-state index in [1.807, 2.05) is 18.2 Å². The molecule has 0 saturated carbocycles. The quantitative estimate of drug-likeness (QED) is 0.654. The van der Waals surface area contributed by atoms with Gasteiger partial charge in [0, 0.05) is 12.1 Å². The van der Waals surface area contributed by atoms with Gasteiger partial charge in [0.1, 0.15) is 4.20 Å². The molecule has 88 valence electrons. The molecular formula is C13H14N2S2. The molecule has 4 heteroatoms. The SMILES string of the molecule is CCc1nc(C(=S)S)[nH]c1Cc1ccccc1. The van der Waals surface area contributed by atoms with Crippen molar-refractivity contribution in [1.82, 2.24) is 9.97 Å². The zero-order chi connectivity index (χ0) is 12.3. The van der Waals surface area contributed by atoms with Crippen molar-refractivity contribution in [3.63, 3.8) is 0 Å². The molecular weight excluding hydrogens is 248 g/mol. The summed E-state index contributed by atoms with van der Waals surface area (Å²) in [4.78, 5) is 7.70. The first-order valence-corrected chi connectivity index (χ1v) is 6.41. The van der Waals surface area contributed by atoms with Crippen LogP contribution in [0.4, 0.5) is 0 Å². The molecule has 1 aromatic heterocycles. The molecule has 17 heavy (non-hydrogen) atoms. The molecule has 0 aliphatic heterocycles. The summed E-state index contributed by atoms with van der Waals surface area (Å²) in [5, 5.41) is 0. The number of aromatic nitrogens is 2. The van der Waals surface area contributed by atoms with Gasteiger partial charge in [0.25, 0.3) is 0 Å². The molecule has 2 rings (SSSR count). The number of hydrogen-bond acceptors (Lipinski definition) is 2. The van der Waals surface area contributed by atoms with Crippen LogP contribution in [0.3, 0.4) is 0 Å². The number of nitrogens with one attached hydrogen (secondary N) is 1. The number of aromatic amines is 1. The standard InChI is InChI=1S/C13H14N2S2/c1-2-10-11(15-12(14-10)13(16)17)8-9-6-4-3-5-7-9/h3-7H,2,8H2,1H3,(H,14,15)(H,16,17). The van der Waals surface area contributed by atoms with E-state index >= 15 is 0 Å². The Balaban J connectivity index is 2.29. The Morgan fingerprint density at radius 2 is 2.06 bits per heavy atom. The summed E-state index contributed by atoms with van der Waals surface area (Å²) in [6, 6.07) is 10.3. The molecule has 0 bridgehead atoms. The Hall–Kier alpha value is -1.13. The molecule has 1 heterocycles. The van der Waals surface area contributed by atoms with Crippen LogP contribution in [-0.4, -0.2) is 14.2 Å². The normalized spacial score (nSPS) is 10.5. The van der Waals surface area contributed by atoms with Crippen LogP contribution in [0.15, 0.2) is 30.3 Å². The van der Waals surface area contributed by atoms with E-state index in [1.54, 1.807) is 0 Å². The average molecular weight is 262 g/mol. The van der Waals surface area contributed by atoms with Gasteiger partial charge < -0.3 is 4.98 Å². The first-order valence-electron chi connectivity index (χ1n) is 5.55. The molecule has 1 N–H and O–H groups in total. The zero-order valence-corrected chi connectivity index (χ0v) is 11.3. The minimum Gasteiger partial charge on any atom is -0.340 e. The van der Waals surface area contributed by atoms with Gasteiger partial charge in [-0.15, -0.1) is 12.6 Å². The van der Waals surface area contributed by atoms with E-state index in [1.165, 1.54) is 5.56 Å². The monoisotopic (exact) mass is 262 g/mol. The van der Waals surface area contributed by atoms with Crippen LogP contribution < -0.4 is 0 Å². The molecule has 2 nitrogen and oxygen atoms in total. The van der Waals surface area contributed by atoms with Crippen LogP contribution in [0.1, 0.15) is 29.7 Å². The lowest BCUT2D eigenvalue weighted by atomic mass is 10.1. The summed E-state index contributed by atoms with van der Waals surface area (Å²) in [5.41, 5.74) is 3.47. The molecule has 2 aromatic rings. The minimum atomic E-state index is 0.513. The van der Waals surface area contributed by atoms with E-state index in [4.69, 9.17) is 12.2 Å². The second-order valence-electron chi connectivity index (χ2n) is 3.83. The predicted octanol–water partition coefficient (Wildman–Crippen LogP) is 3.17. The lowest BCUT2D eigenvalue weighted by Gasteiger charge is -2.00. The fourth-order valence-corrected chi connectivity index (χ4v) is 1.99. The molecule has 0 radical (unpaired) electrons. The number of rotatable bonds is 4. The van der Waals surface area contributed by atoms with E-state index in [-0.39, 0.29) is 0 Å². The second kappa shape index (κ2) is 5.47. The van der Waals surface area contributed by atoms with Gasteiger partial charge in [-0.05, 0) is 12.0 Å². The van der Waals surface area contributed by atoms with Crippen LogP contribution in [0.5, 0.6) is 0 Å². The highest BCUT2D eigenvalue weighted by atomic mass is 32.1. The second-order valence-corrected chi connectivity index (χ2v) is 4.99. The lowest BCUT2D eigenvalue weighted by molar-refractivity contribution is 0.999. The van der Waals surface area contributed by atoms with Crippen molar-refractivity contribution < 1.29 is 0 Å². The minimum absolute atomic E-state index is 0.513. The van der Waals surface area contributed by atoms with E-state index in [2.05, 4.69) is 41.7 Å². The number of thiocarbonyl (C=S) groups is 1. The van der Waals surface area contributed by atoms with Crippen LogP contribution in [0, 0.1) is 0 Å². The van der Waals surface area contributed by atoms with Gasteiger partial charge >= 0.3 is 0 Å². The molecule has 1 aromatic carbocycles. The Morgan fingerprint density at radius 3 is 2.65 bits per heavy atom. The van der Waals surface area contributed by atoms with Crippen molar-refractivity contribution in [2.45, 2.75) is 19.8 Å². The lowest BCUT2D eigenvalue weighted by Crippen LogP contribution is -1.93. The van der Waals surface area contributed by atoms with Gasteiger partial charge in [-0.25, -0.2) is 4.98 Å². The predicted molar refractivity (Wildman–Crippen MR) is 77.9 cm³/mol. The first kappa shape index (κ1) is 12.3. The van der Waals surface area contributed by atoms with Crippen LogP contribution in [0.25, 0.3) is 0 Å². The van der Waals surface area contributed by atoms with Gasteiger partial charge in [0.2, 0.25) is 0 Å². The zero-order valence-electron chi connectivity index (χ0n) is 9.60. The van der Waals surface area contributed by atoms with Crippen molar-refractivity contribution in [2.75, 3.05) is 0 Å². The highest BCUT2D eigenvalue weighted by Gasteiger charge is 2.10. The Bertz CT molecular complexity index is 517. The third-order valence-corrected chi connectivity index (χ3v) is 3.03. The maximum atomic E-state index is 5.02. The number of hydrogen-bond donors (Lipinski definition) is 2. The molecule has 0 aliphatic rings. The van der Waals surface area contributed by atoms with E-state index in [9.17, 15) is 0 Å². The summed E-state index contributed by atoms with van der Waals surface area (Å²) < 4.78 is 0.513. The van der Waals surface area contributed by atoms with Gasteiger partial charge in [0.05, 0.1) is 5.69 Å². The van der Waals surface area contributed by atoms with Crippen molar-refractivity contribution in [3.05, 3.63) is 53.1 Å². The van der Waals surface area contributed by atoms with Crippen molar-refractivity contribution in [3.8, 4) is 0 Å². The third kappa shape index (κ3) is 2.96. The van der Waals surface area contributed by atoms with Gasteiger partial charge in [-0.2, -0.15) is 0 Å². The molecule has 0 saturated heterocycles. The summed E-state index contributed by atoms with van der Waals surface area (Å²) in [6.45, 7) is 2.09. The van der Waals surface area contributed by atoms with E-state index in [0.717, 1.165) is 24.2 Å². The summed E-state index contributed by atoms with van der Waals surface area (Å²) in [7, 11) is 0. The molecule has 0 atom stereocenters. The smallest absolute Gasteiger partial charge is 0.155 e. The van der Waals surface area contributed by atoms with Gasteiger partial charge in [0.15, 0.2) is 5.82 Å². The topological polar surface area (TPSA) is 28.7 Å². The number of imidazole rings is 1. The van der Waals surface area contributed by atoms with Gasteiger partial charge in [-0.1, -0.05) is 49.5 Å². The maximum absolute atomic E-state index is 5.02. The van der Waals surface area contributed by atoms with E-state index < -0.39 is 0 Å². The molecule has 0 amide bonds. The van der Waals surface area contributed by atoms with E-state index in [0.29, 0.717) is 10.0 Å². The largest absolute Gasteiger partial charge is 0.340 e. The highest BCUT2D eigenvalue weighted by Crippen LogP contribution is 2.14. The van der Waals surface area contributed by atoms with Crippen molar-refractivity contribution in [1.29, 1.82) is 0 Å². The number of thiol groups is 1. The Labute approximate surface area is 112 Å². The van der Waals surface area contributed by atoms with Crippen LogP contribution in [-0.2, 0) is 12.8 Å². The number of benzene rings is 1. The summed E-state index contributed by atoms with van der Waals surface area (Å²) in [5.74, 6) is 0.700. The van der Waals surface area contributed by atoms with Gasteiger partial charge in [-0.3, -0.25) is 0 Å². The fourth-order valence-electron chi connectivity index (χ4n) is 1.79. The molecule has 0 fully saturated rings. The van der Waals surface area contributed by atoms with Crippen LogP contribution >= 0.6 is 24.8 Å². The summed E-state index contributed by atoms with van der Waals surface area (Å²) in [6.07, 6.45) is 1.75. The average Bonchev–Trinajstić information content (AvgIpc) is 2.74. The number of nitrogens with zero attached hydrogens (tertiary/aromatic N) is 1.